The van der Waals surface area contributed by atoms with Crippen LogP contribution in [0.15, 0.2) is 0 Å². The van der Waals surface area contributed by atoms with E-state index in [9.17, 15) is 0 Å². The van der Waals surface area contributed by atoms with Crippen LogP contribution >= 0.6 is 0 Å². The predicted molar refractivity (Wildman–Crippen MR) is 27.9 cm³/mol. The van der Waals surface area contributed by atoms with Gasteiger partial charge in [-0.05, 0) is 0 Å². The molecule has 1 fully saturated rings. The van der Waals surface area contributed by atoms with Crippen molar-refractivity contribution >= 4 is 0 Å². The number of rotatable bonds is 0. The van der Waals surface area contributed by atoms with E-state index in [1.165, 1.54) is 0 Å². The molecule has 0 saturated carbocycles. The fraction of sp³-hybridized carbons (Fsp3) is 0.800. The fourth-order valence-corrected chi connectivity index (χ4v) is 0.704. The molecule has 1 aliphatic rings. The van der Waals surface area contributed by atoms with Crippen molar-refractivity contribution in [2.24, 2.45) is 11.7 Å². The second-order valence-corrected chi connectivity index (χ2v) is 1.94. The smallest absolute Gasteiger partial charge is 0.0870 e. The van der Waals surface area contributed by atoms with Gasteiger partial charge in [-0.2, -0.15) is 5.26 Å². The number of nitrogens with zero attached hydrogens (tertiary/aromatic N) is 1. The fourth-order valence-electron chi connectivity index (χ4n) is 0.704. The Balaban J connectivity index is 2.45. The van der Waals surface area contributed by atoms with Crippen LogP contribution in [0.5, 0.6) is 0 Å². The molecule has 1 rings (SSSR count). The highest BCUT2D eigenvalue weighted by atomic mass is 16.5. The van der Waals surface area contributed by atoms with E-state index in [4.69, 9.17) is 15.7 Å². The van der Waals surface area contributed by atoms with Crippen LogP contribution in [0.1, 0.15) is 0 Å². The van der Waals surface area contributed by atoms with E-state index in [2.05, 4.69) is 6.07 Å². The third kappa shape index (κ3) is 0.808. The largest absolute Gasteiger partial charge is 0.378 e. The summed E-state index contributed by atoms with van der Waals surface area (Å²) in [6.07, 6.45) is 0. The van der Waals surface area contributed by atoms with Gasteiger partial charge in [0.2, 0.25) is 0 Å². The van der Waals surface area contributed by atoms with Crippen LogP contribution < -0.4 is 5.73 Å². The second kappa shape index (κ2) is 2.12. The molecule has 3 nitrogen and oxygen atoms in total. The van der Waals surface area contributed by atoms with E-state index in [1.54, 1.807) is 0 Å². The lowest BCUT2D eigenvalue weighted by Crippen LogP contribution is -2.27. The van der Waals surface area contributed by atoms with Crippen molar-refractivity contribution in [1.82, 2.24) is 0 Å². The van der Waals surface area contributed by atoms with Gasteiger partial charge in [0.15, 0.2) is 0 Å². The molecule has 0 aliphatic carbocycles. The zero-order valence-corrected chi connectivity index (χ0v) is 4.50. The van der Waals surface area contributed by atoms with Crippen LogP contribution in [-0.4, -0.2) is 19.3 Å². The minimum Gasteiger partial charge on any atom is -0.378 e. The maximum absolute atomic E-state index is 8.33. The zero-order chi connectivity index (χ0) is 5.98. The van der Waals surface area contributed by atoms with Gasteiger partial charge in [0, 0.05) is 6.04 Å². The molecule has 44 valence electrons. The van der Waals surface area contributed by atoms with Gasteiger partial charge in [-0.15, -0.1) is 0 Å². The Bertz CT molecular complexity index is 118. The van der Waals surface area contributed by atoms with Crippen LogP contribution in [0.4, 0.5) is 0 Å². The van der Waals surface area contributed by atoms with Crippen LogP contribution in [0.25, 0.3) is 0 Å². The molecule has 0 spiro atoms. The zero-order valence-electron chi connectivity index (χ0n) is 4.50. The van der Waals surface area contributed by atoms with Crippen LogP contribution in [0.3, 0.4) is 0 Å². The minimum atomic E-state index is -0.0741. The SMILES string of the molecule is N#C[C@H]1COC[C@@H]1N. The quantitative estimate of drug-likeness (QED) is 0.459. The van der Waals surface area contributed by atoms with Crippen molar-refractivity contribution < 1.29 is 4.74 Å². The Morgan fingerprint density at radius 2 is 2.38 bits per heavy atom. The first-order valence-corrected chi connectivity index (χ1v) is 2.57. The van der Waals surface area contributed by atoms with Crippen LogP contribution in [0.2, 0.25) is 0 Å². The van der Waals surface area contributed by atoms with Gasteiger partial charge >= 0.3 is 0 Å². The van der Waals surface area contributed by atoms with Crippen molar-refractivity contribution in [2.45, 2.75) is 6.04 Å². The molecular formula is C5H8N2O. The summed E-state index contributed by atoms with van der Waals surface area (Å²) in [7, 11) is 0. The van der Waals surface area contributed by atoms with Crippen LogP contribution in [0, 0.1) is 17.2 Å². The highest BCUT2D eigenvalue weighted by Crippen LogP contribution is 2.08. The van der Waals surface area contributed by atoms with Crippen molar-refractivity contribution in [3.8, 4) is 6.07 Å². The molecule has 1 aliphatic heterocycles. The minimum absolute atomic E-state index is 0.0556. The van der Waals surface area contributed by atoms with Crippen molar-refractivity contribution in [2.75, 3.05) is 13.2 Å². The molecular weight excluding hydrogens is 104 g/mol. The number of hydrogen-bond acceptors (Lipinski definition) is 3. The summed E-state index contributed by atoms with van der Waals surface area (Å²) in [5.74, 6) is -0.0741. The number of nitrogens with two attached hydrogens (primary N) is 1. The monoisotopic (exact) mass is 112 g/mol. The second-order valence-electron chi connectivity index (χ2n) is 1.94. The average molecular weight is 112 g/mol. The van der Waals surface area contributed by atoms with Gasteiger partial charge in [0.1, 0.15) is 0 Å². The average Bonchev–Trinajstić information content (AvgIpc) is 2.14. The lowest BCUT2D eigenvalue weighted by molar-refractivity contribution is 0.189. The summed E-state index contributed by atoms with van der Waals surface area (Å²) in [5.41, 5.74) is 5.44. The van der Waals surface area contributed by atoms with E-state index in [0.717, 1.165) is 0 Å². The third-order valence-electron chi connectivity index (χ3n) is 1.29. The summed E-state index contributed by atoms with van der Waals surface area (Å²) in [6.45, 7) is 1.05. The molecule has 0 aromatic rings. The summed E-state index contributed by atoms with van der Waals surface area (Å²) in [4.78, 5) is 0. The Labute approximate surface area is 48.0 Å². The molecule has 3 heteroatoms. The molecule has 2 atom stereocenters. The Kier molecular flexibility index (Phi) is 1.47. The van der Waals surface area contributed by atoms with Crippen LogP contribution in [-0.2, 0) is 4.74 Å². The third-order valence-corrected chi connectivity index (χ3v) is 1.29. The maximum atomic E-state index is 8.33. The lowest BCUT2D eigenvalue weighted by Gasteiger charge is -1.99. The Hall–Kier alpha value is -0.590. The molecule has 1 heterocycles. The topological polar surface area (TPSA) is 59.0 Å². The highest BCUT2D eigenvalue weighted by molar-refractivity contribution is 4.93. The molecule has 8 heavy (non-hydrogen) atoms. The molecule has 0 amide bonds. The van der Waals surface area contributed by atoms with Crippen molar-refractivity contribution in [1.29, 1.82) is 5.26 Å². The molecule has 0 bridgehead atoms. The Morgan fingerprint density at radius 3 is 2.62 bits per heavy atom. The molecule has 0 radical (unpaired) electrons. The summed E-state index contributed by atoms with van der Waals surface area (Å²) in [5, 5.41) is 8.33. The molecule has 0 aromatic carbocycles. The van der Waals surface area contributed by atoms with E-state index in [1.807, 2.05) is 0 Å². The van der Waals surface area contributed by atoms with Gasteiger partial charge in [-0.1, -0.05) is 0 Å². The highest BCUT2D eigenvalue weighted by Gasteiger charge is 2.23. The standard InChI is InChI=1S/C5H8N2O/c6-1-4-2-8-3-5(4)7/h4-5H,2-3,7H2/t4-,5-/m0/s1. The molecule has 0 unspecified atom stereocenters. The number of hydrogen-bond donors (Lipinski definition) is 1. The van der Waals surface area contributed by atoms with E-state index >= 15 is 0 Å². The van der Waals surface area contributed by atoms with Crippen molar-refractivity contribution in [3.63, 3.8) is 0 Å². The number of nitriles is 1. The summed E-state index contributed by atoms with van der Waals surface area (Å²) < 4.78 is 4.91. The van der Waals surface area contributed by atoms with Crippen molar-refractivity contribution in [3.05, 3.63) is 0 Å². The van der Waals surface area contributed by atoms with Gasteiger partial charge in [0.05, 0.1) is 25.2 Å². The molecule has 1 saturated heterocycles. The number of ether oxygens (including phenoxy) is 1. The van der Waals surface area contributed by atoms with E-state index in [-0.39, 0.29) is 12.0 Å². The first-order chi connectivity index (χ1) is 3.84. The summed E-state index contributed by atoms with van der Waals surface area (Å²) >= 11 is 0. The first-order valence-electron chi connectivity index (χ1n) is 2.57. The van der Waals surface area contributed by atoms with Gasteiger partial charge < -0.3 is 10.5 Å². The Morgan fingerprint density at radius 1 is 1.62 bits per heavy atom. The normalized spacial score (nSPS) is 37.0. The predicted octanol–water partition coefficient (Wildman–Crippen LogP) is -0.516. The summed E-state index contributed by atoms with van der Waals surface area (Å²) in [6, 6.07) is 2.01. The first kappa shape index (κ1) is 5.54. The lowest BCUT2D eigenvalue weighted by atomic mass is 10.1. The van der Waals surface area contributed by atoms with E-state index < -0.39 is 0 Å². The van der Waals surface area contributed by atoms with Gasteiger partial charge in [-0.3, -0.25) is 0 Å². The molecule has 2 N–H and O–H groups in total. The molecule has 0 aromatic heterocycles. The van der Waals surface area contributed by atoms with E-state index in [0.29, 0.717) is 13.2 Å². The van der Waals surface area contributed by atoms with Gasteiger partial charge in [-0.25, -0.2) is 0 Å². The van der Waals surface area contributed by atoms with Gasteiger partial charge in [0.25, 0.3) is 0 Å². The maximum Gasteiger partial charge on any atom is 0.0870 e.